The van der Waals surface area contributed by atoms with E-state index in [4.69, 9.17) is 17.3 Å². The first kappa shape index (κ1) is 12.0. The lowest BCUT2D eigenvalue weighted by Gasteiger charge is -2.24. The zero-order valence-corrected chi connectivity index (χ0v) is 10.8. The van der Waals surface area contributed by atoms with Crippen LogP contribution in [-0.2, 0) is 0 Å². The van der Waals surface area contributed by atoms with E-state index in [1.54, 1.807) is 0 Å². The van der Waals surface area contributed by atoms with Gasteiger partial charge >= 0.3 is 0 Å². The van der Waals surface area contributed by atoms with Crippen molar-refractivity contribution >= 4 is 29.2 Å². The number of thioether (sulfide) groups is 1. The first-order valence-corrected chi connectivity index (χ1v) is 6.90. The zero-order valence-electron chi connectivity index (χ0n) is 9.19. The number of aromatic nitrogens is 2. The van der Waals surface area contributed by atoms with Crippen LogP contribution in [0.15, 0.2) is 11.2 Å². The Kier molecular flexibility index (Phi) is 3.89. The van der Waals surface area contributed by atoms with Gasteiger partial charge in [-0.15, -0.1) is 0 Å². The van der Waals surface area contributed by atoms with Crippen LogP contribution < -0.4 is 10.6 Å². The molecule has 0 saturated carbocycles. The van der Waals surface area contributed by atoms with E-state index >= 15 is 0 Å². The maximum absolute atomic E-state index is 5.98. The smallest absolute Gasteiger partial charge is 0.190 e. The van der Waals surface area contributed by atoms with Crippen molar-refractivity contribution in [3.63, 3.8) is 0 Å². The first-order chi connectivity index (χ1) is 7.74. The van der Waals surface area contributed by atoms with Crippen LogP contribution in [-0.4, -0.2) is 35.4 Å². The van der Waals surface area contributed by atoms with Gasteiger partial charge in [0.05, 0.1) is 0 Å². The summed E-state index contributed by atoms with van der Waals surface area (Å²) >= 11 is 7.48. The largest absolute Gasteiger partial charge is 0.352 e. The van der Waals surface area contributed by atoms with Gasteiger partial charge < -0.3 is 10.6 Å². The molecule has 1 aliphatic rings. The highest BCUT2D eigenvalue weighted by Gasteiger charge is 2.24. The summed E-state index contributed by atoms with van der Waals surface area (Å²) in [6.45, 7) is 1.67. The number of hydrogen-bond acceptors (Lipinski definition) is 5. The van der Waals surface area contributed by atoms with Crippen molar-refractivity contribution in [3.8, 4) is 0 Å². The summed E-state index contributed by atoms with van der Waals surface area (Å²) in [4.78, 5) is 10.8. The summed E-state index contributed by atoms with van der Waals surface area (Å²) in [6, 6.07) is 2.20. The fourth-order valence-corrected chi connectivity index (χ4v) is 2.61. The first-order valence-electron chi connectivity index (χ1n) is 5.30. The van der Waals surface area contributed by atoms with Gasteiger partial charge in [-0.3, -0.25) is 0 Å². The third-order valence-corrected chi connectivity index (χ3v) is 3.53. The van der Waals surface area contributed by atoms with Crippen molar-refractivity contribution in [1.29, 1.82) is 0 Å². The number of hydrogen-bond donors (Lipinski definition) is 1. The van der Waals surface area contributed by atoms with Crippen molar-refractivity contribution in [2.45, 2.75) is 24.0 Å². The van der Waals surface area contributed by atoms with Crippen molar-refractivity contribution in [2.24, 2.45) is 5.73 Å². The van der Waals surface area contributed by atoms with E-state index in [1.165, 1.54) is 11.8 Å². The van der Waals surface area contributed by atoms with Crippen molar-refractivity contribution in [1.82, 2.24) is 9.97 Å². The maximum Gasteiger partial charge on any atom is 0.190 e. The van der Waals surface area contributed by atoms with Crippen LogP contribution in [0.5, 0.6) is 0 Å². The molecule has 0 spiro atoms. The highest BCUT2D eigenvalue weighted by molar-refractivity contribution is 7.98. The number of nitrogens with zero attached hydrogens (tertiary/aromatic N) is 3. The Morgan fingerprint density at radius 1 is 1.62 bits per heavy atom. The van der Waals surface area contributed by atoms with Crippen molar-refractivity contribution in [3.05, 3.63) is 11.2 Å². The van der Waals surface area contributed by atoms with Gasteiger partial charge in [0, 0.05) is 25.2 Å². The third-order valence-electron chi connectivity index (χ3n) is 2.79. The van der Waals surface area contributed by atoms with Gasteiger partial charge in [-0.25, -0.2) is 9.97 Å². The van der Waals surface area contributed by atoms with E-state index in [9.17, 15) is 0 Å². The Balaban J connectivity index is 2.28. The fraction of sp³-hybridized carbons (Fsp3) is 0.600. The summed E-state index contributed by atoms with van der Waals surface area (Å²) in [5.41, 5.74) is 5.75. The molecule has 0 amide bonds. The standard InChI is InChI=1S/C10H15ClN4S/c1-16-10-13-8(11)5-9(14-10)15-4-2-3-7(15)6-12/h5,7H,2-4,6,12H2,1H3/t7-/m1/s1. The second-order valence-electron chi connectivity index (χ2n) is 3.76. The van der Waals surface area contributed by atoms with E-state index in [1.807, 2.05) is 12.3 Å². The van der Waals surface area contributed by atoms with Gasteiger partial charge in [0.2, 0.25) is 0 Å². The van der Waals surface area contributed by atoms with Crippen LogP contribution in [0.3, 0.4) is 0 Å². The third kappa shape index (κ3) is 2.42. The number of rotatable bonds is 3. The molecule has 1 aromatic heterocycles. The molecule has 4 nitrogen and oxygen atoms in total. The lowest BCUT2D eigenvalue weighted by molar-refractivity contribution is 0.667. The molecule has 88 valence electrons. The van der Waals surface area contributed by atoms with E-state index in [-0.39, 0.29) is 0 Å². The quantitative estimate of drug-likeness (QED) is 0.509. The van der Waals surface area contributed by atoms with Crippen LogP contribution in [0.4, 0.5) is 5.82 Å². The molecule has 0 aliphatic carbocycles. The van der Waals surface area contributed by atoms with Crippen LogP contribution in [0.2, 0.25) is 5.15 Å². The SMILES string of the molecule is CSc1nc(Cl)cc(N2CCC[C@@H]2CN)n1. The predicted octanol–water partition coefficient (Wildman–Crippen LogP) is 1.78. The molecule has 0 bridgehead atoms. The van der Waals surface area contributed by atoms with Crippen LogP contribution in [0, 0.1) is 0 Å². The lowest BCUT2D eigenvalue weighted by atomic mass is 10.2. The van der Waals surface area contributed by atoms with Crippen molar-refractivity contribution in [2.75, 3.05) is 24.2 Å². The van der Waals surface area contributed by atoms with Crippen LogP contribution >= 0.6 is 23.4 Å². The highest BCUT2D eigenvalue weighted by Crippen LogP contribution is 2.26. The molecule has 2 heterocycles. The number of nitrogens with two attached hydrogens (primary N) is 1. The molecule has 1 saturated heterocycles. The predicted molar refractivity (Wildman–Crippen MR) is 68.2 cm³/mol. The Morgan fingerprint density at radius 3 is 3.12 bits per heavy atom. The Morgan fingerprint density at radius 2 is 2.44 bits per heavy atom. The molecule has 0 unspecified atom stereocenters. The average Bonchev–Trinajstić information content (AvgIpc) is 2.76. The number of anilines is 1. The summed E-state index contributed by atoms with van der Waals surface area (Å²) < 4.78 is 0. The summed E-state index contributed by atoms with van der Waals surface area (Å²) in [5.74, 6) is 0.900. The van der Waals surface area contributed by atoms with Gasteiger partial charge in [0.15, 0.2) is 5.16 Å². The second-order valence-corrected chi connectivity index (χ2v) is 4.92. The molecule has 1 aromatic rings. The minimum atomic E-state index is 0.390. The Labute approximate surface area is 105 Å². The minimum Gasteiger partial charge on any atom is -0.352 e. The van der Waals surface area contributed by atoms with Gasteiger partial charge in [-0.2, -0.15) is 0 Å². The lowest BCUT2D eigenvalue weighted by Crippen LogP contribution is -2.36. The maximum atomic E-state index is 5.98. The molecule has 1 aliphatic heterocycles. The Bertz CT molecular complexity index is 374. The molecule has 0 radical (unpaired) electrons. The summed E-state index contributed by atoms with van der Waals surface area (Å²) in [5, 5.41) is 1.21. The fourth-order valence-electron chi connectivity index (χ4n) is 2.01. The van der Waals surface area contributed by atoms with E-state index in [2.05, 4.69) is 14.9 Å². The molecule has 6 heteroatoms. The molecular weight excluding hydrogens is 244 g/mol. The molecule has 2 N–H and O–H groups in total. The molecule has 1 fully saturated rings. The van der Waals surface area contributed by atoms with E-state index < -0.39 is 0 Å². The molecule has 0 aromatic carbocycles. The molecule has 16 heavy (non-hydrogen) atoms. The van der Waals surface area contributed by atoms with Gasteiger partial charge in [-0.05, 0) is 19.1 Å². The topological polar surface area (TPSA) is 55.0 Å². The Hall–Kier alpha value is -0.520. The van der Waals surface area contributed by atoms with Crippen LogP contribution in [0.1, 0.15) is 12.8 Å². The van der Waals surface area contributed by atoms with Gasteiger partial charge in [-0.1, -0.05) is 23.4 Å². The van der Waals surface area contributed by atoms with Crippen molar-refractivity contribution < 1.29 is 0 Å². The molecular formula is C10H15ClN4S. The van der Waals surface area contributed by atoms with E-state index in [0.29, 0.717) is 22.9 Å². The normalized spacial score (nSPS) is 20.4. The monoisotopic (exact) mass is 258 g/mol. The molecule has 2 rings (SSSR count). The van der Waals surface area contributed by atoms with Gasteiger partial charge in [0.1, 0.15) is 11.0 Å². The van der Waals surface area contributed by atoms with E-state index in [0.717, 1.165) is 25.2 Å². The van der Waals surface area contributed by atoms with Crippen LogP contribution in [0.25, 0.3) is 0 Å². The van der Waals surface area contributed by atoms with Gasteiger partial charge in [0.25, 0.3) is 0 Å². The number of halogens is 1. The average molecular weight is 259 g/mol. The highest BCUT2D eigenvalue weighted by atomic mass is 35.5. The minimum absolute atomic E-state index is 0.390. The molecule has 1 atom stereocenters. The second kappa shape index (κ2) is 5.21. The summed E-state index contributed by atoms with van der Waals surface area (Å²) in [6.07, 6.45) is 4.24. The summed E-state index contributed by atoms with van der Waals surface area (Å²) in [7, 11) is 0. The zero-order chi connectivity index (χ0) is 11.5.